The zero-order valence-corrected chi connectivity index (χ0v) is 14.5. The first-order valence-corrected chi connectivity index (χ1v) is 8.62. The molecule has 0 radical (unpaired) electrons. The van der Waals surface area contributed by atoms with E-state index in [-0.39, 0.29) is 29.6 Å². The van der Waals surface area contributed by atoms with Crippen molar-refractivity contribution in [2.45, 2.75) is 25.7 Å². The van der Waals surface area contributed by atoms with Gasteiger partial charge in [-0.3, -0.25) is 19.7 Å². The molecule has 0 spiro atoms. The predicted octanol–water partition coefficient (Wildman–Crippen LogP) is 1.89. The van der Waals surface area contributed by atoms with E-state index in [1.54, 1.807) is 11.0 Å². The number of likely N-dealkylation sites (tertiary alicyclic amines) is 1. The van der Waals surface area contributed by atoms with Gasteiger partial charge in [0.15, 0.2) is 5.69 Å². The van der Waals surface area contributed by atoms with Gasteiger partial charge >= 0.3 is 5.97 Å². The largest absolute Gasteiger partial charge is 0.481 e. The summed E-state index contributed by atoms with van der Waals surface area (Å²) < 4.78 is 1.33. The molecule has 10 nitrogen and oxygen atoms in total. The van der Waals surface area contributed by atoms with Gasteiger partial charge in [0.2, 0.25) is 0 Å². The van der Waals surface area contributed by atoms with Crippen LogP contribution in [-0.2, 0) is 4.79 Å². The molecule has 2 heterocycles. The predicted molar refractivity (Wildman–Crippen MR) is 93.5 cm³/mol. The second-order valence-corrected chi connectivity index (χ2v) is 6.52. The number of hydrogen-bond acceptors (Lipinski definition) is 6. The van der Waals surface area contributed by atoms with Gasteiger partial charge < -0.3 is 10.0 Å². The van der Waals surface area contributed by atoms with Crippen molar-refractivity contribution in [1.82, 2.24) is 19.9 Å². The van der Waals surface area contributed by atoms with Crippen LogP contribution >= 0.6 is 0 Å². The SMILES string of the molecule is O=C(O)CCC1CCCN(C(=O)c2cn(-c3cccc([N+](=O)[O-])c3)nn2)C1. The van der Waals surface area contributed by atoms with Gasteiger partial charge in [0.1, 0.15) is 0 Å². The van der Waals surface area contributed by atoms with Crippen LogP contribution < -0.4 is 0 Å². The van der Waals surface area contributed by atoms with Crippen molar-refractivity contribution in [1.29, 1.82) is 0 Å². The summed E-state index contributed by atoms with van der Waals surface area (Å²) in [5.41, 5.74) is 0.516. The first-order valence-electron chi connectivity index (χ1n) is 8.62. The number of nitro groups is 1. The zero-order chi connectivity index (χ0) is 19.4. The number of amides is 1. The highest BCUT2D eigenvalue weighted by molar-refractivity contribution is 5.92. The maximum Gasteiger partial charge on any atom is 0.303 e. The van der Waals surface area contributed by atoms with Crippen LogP contribution in [0.1, 0.15) is 36.2 Å². The number of hydrogen-bond donors (Lipinski definition) is 1. The molecule has 1 unspecified atom stereocenters. The summed E-state index contributed by atoms with van der Waals surface area (Å²) in [4.78, 5) is 35.5. The van der Waals surface area contributed by atoms with Crippen LogP contribution in [0.3, 0.4) is 0 Å². The van der Waals surface area contributed by atoms with Gasteiger partial charge in [-0.05, 0) is 31.2 Å². The highest BCUT2D eigenvalue weighted by Crippen LogP contribution is 2.22. The van der Waals surface area contributed by atoms with E-state index < -0.39 is 10.9 Å². The third-order valence-corrected chi connectivity index (χ3v) is 4.59. The molecular weight excluding hydrogens is 354 g/mol. The summed E-state index contributed by atoms with van der Waals surface area (Å²) in [5.74, 6) is -0.948. The molecule has 142 valence electrons. The molecule has 27 heavy (non-hydrogen) atoms. The van der Waals surface area contributed by atoms with E-state index in [1.807, 2.05) is 0 Å². The molecule has 0 aliphatic carbocycles. The second kappa shape index (κ2) is 7.94. The zero-order valence-electron chi connectivity index (χ0n) is 14.5. The Morgan fingerprint density at radius 1 is 1.37 bits per heavy atom. The van der Waals surface area contributed by atoms with E-state index in [2.05, 4.69) is 10.3 Å². The van der Waals surface area contributed by atoms with Gasteiger partial charge in [-0.15, -0.1) is 5.10 Å². The van der Waals surface area contributed by atoms with Gasteiger partial charge in [0.05, 0.1) is 16.8 Å². The van der Waals surface area contributed by atoms with E-state index in [0.717, 1.165) is 12.8 Å². The van der Waals surface area contributed by atoms with Gasteiger partial charge in [0.25, 0.3) is 11.6 Å². The molecule has 1 amide bonds. The first kappa shape index (κ1) is 18.5. The summed E-state index contributed by atoms with van der Waals surface area (Å²) in [6.07, 6.45) is 3.80. The molecular formula is C17H19N5O5. The minimum Gasteiger partial charge on any atom is -0.481 e. The van der Waals surface area contributed by atoms with Crippen LogP contribution in [0.4, 0.5) is 5.69 Å². The number of carbonyl (C=O) groups is 2. The maximum absolute atomic E-state index is 12.7. The van der Waals surface area contributed by atoms with E-state index in [1.165, 1.54) is 29.1 Å². The fraction of sp³-hybridized carbons (Fsp3) is 0.412. The molecule has 1 aromatic carbocycles. The Kier molecular flexibility index (Phi) is 5.43. The first-order chi connectivity index (χ1) is 12.9. The van der Waals surface area contributed by atoms with Crippen LogP contribution in [-0.4, -0.2) is 54.9 Å². The van der Waals surface area contributed by atoms with Crippen LogP contribution in [0.15, 0.2) is 30.5 Å². The minimum atomic E-state index is -0.835. The van der Waals surface area contributed by atoms with Crippen molar-refractivity contribution in [3.63, 3.8) is 0 Å². The molecule has 1 N–H and O–H groups in total. The number of aliphatic carboxylic acids is 1. The number of nitrogens with zero attached hydrogens (tertiary/aromatic N) is 5. The number of nitro benzene ring substituents is 1. The van der Waals surface area contributed by atoms with Crippen molar-refractivity contribution in [2.24, 2.45) is 5.92 Å². The molecule has 1 aliphatic rings. The summed E-state index contributed by atoms with van der Waals surface area (Å²) in [6, 6.07) is 5.90. The van der Waals surface area contributed by atoms with Crippen molar-refractivity contribution in [2.75, 3.05) is 13.1 Å². The van der Waals surface area contributed by atoms with E-state index in [4.69, 9.17) is 5.11 Å². The fourth-order valence-corrected chi connectivity index (χ4v) is 3.21. The molecule has 1 saturated heterocycles. The number of rotatable bonds is 6. The van der Waals surface area contributed by atoms with Crippen molar-refractivity contribution in [3.8, 4) is 5.69 Å². The number of aromatic nitrogens is 3. The smallest absolute Gasteiger partial charge is 0.303 e. The highest BCUT2D eigenvalue weighted by Gasteiger charge is 2.26. The fourth-order valence-electron chi connectivity index (χ4n) is 3.21. The Hall–Kier alpha value is -3.30. The Bertz CT molecular complexity index is 865. The van der Waals surface area contributed by atoms with Crippen molar-refractivity contribution < 1.29 is 19.6 Å². The average Bonchev–Trinajstić information content (AvgIpc) is 3.16. The Balaban J connectivity index is 1.70. The second-order valence-electron chi connectivity index (χ2n) is 6.52. The summed E-state index contributed by atoms with van der Waals surface area (Å²) in [7, 11) is 0. The Labute approximate surface area is 154 Å². The number of piperidine rings is 1. The number of benzene rings is 1. The molecule has 1 aliphatic heterocycles. The van der Waals surface area contributed by atoms with E-state index in [9.17, 15) is 19.7 Å². The van der Waals surface area contributed by atoms with Gasteiger partial charge in [0, 0.05) is 31.6 Å². The topological polar surface area (TPSA) is 131 Å². The third-order valence-electron chi connectivity index (χ3n) is 4.59. The highest BCUT2D eigenvalue weighted by atomic mass is 16.6. The Morgan fingerprint density at radius 2 is 2.19 bits per heavy atom. The van der Waals surface area contributed by atoms with Crippen molar-refractivity contribution >= 4 is 17.6 Å². The quantitative estimate of drug-likeness (QED) is 0.604. The molecule has 0 saturated carbocycles. The standard InChI is InChI=1S/C17H19N5O5/c23-16(24)7-6-12-3-2-8-20(10-12)17(25)15-11-21(19-18-15)13-4-1-5-14(9-13)22(26)27/h1,4-5,9,11-12H,2-3,6-8,10H2,(H,23,24). The minimum absolute atomic E-state index is 0.0758. The Morgan fingerprint density at radius 3 is 2.93 bits per heavy atom. The normalized spacial score (nSPS) is 16.9. The third kappa shape index (κ3) is 4.46. The van der Waals surface area contributed by atoms with Crippen LogP contribution in [0, 0.1) is 16.0 Å². The maximum atomic E-state index is 12.7. The molecule has 1 aromatic heterocycles. The van der Waals surface area contributed by atoms with Crippen molar-refractivity contribution in [3.05, 3.63) is 46.3 Å². The number of non-ortho nitro benzene ring substituents is 1. The number of carboxylic acids is 1. The molecule has 3 rings (SSSR count). The van der Waals surface area contributed by atoms with E-state index >= 15 is 0 Å². The lowest BCUT2D eigenvalue weighted by molar-refractivity contribution is -0.384. The average molecular weight is 373 g/mol. The van der Waals surface area contributed by atoms with Crippen LogP contribution in [0.25, 0.3) is 5.69 Å². The van der Waals surface area contributed by atoms with Gasteiger partial charge in [-0.25, -0.2) is 4.68 Å². The lowest BCUT2D eigenvalue weighted by Crippen LogP contribution is -2.40. The molecule has 1 fully saturated rings. The van der Waals surface area contributed by atoms with Gasteiger partial charge in [-0.2, -0.15) is 0 Å². The molecule has 0 bridgehead atoms. The molecule has 10 heteroatoms. The van der Waals surface area contributed by atoms with Crippen LogP contribution in [0.5, 0.6) is 0 Å². The molecule has 1 atom stereocenters. The summed E-state index contributed by atoms with van der Waals surface area (Å²) >= 11 is 0. The lowest BCUT2D eigenvalue weighted by Gasteiger charge is -2.32. The van der Waals surface area contributed by atoms with Gasteiger partial charge in [-0.1, -0.05) is 11.3 Å². The number of carbonyl (C=O) groups excluding carboxylic acids is 1. The number of carboxylic acid groups (broad SMARTS) is 1. The monoisotopic (exact) mass is 373 g/mol. The molecule has 2 aromatic rings. The summed E-state index contributed by atoms with van der Waals surface area (Å²) in [6.45, 7) is 1.09. The lowest BCUT2D eigenvalue weighted by atomic mass is 9.93. The summed E-state index contributed by atoms with van der Waals surface area (Å²) in [5, 5.41) is 27.5. The van der Waals surface area contributed by atoms with Crippen LogP contribution in [0.2, 0.25) is 0 Å². The van der Waals surface area contributed by atoms with E-state index in [0.29, 0.717) is 25.2 Å².